The van der Waals surface area contributed by atoms with Crippen LogP contribution in [0.1, 0.15) is 18.4 Å². The molecule has 0 saturated carbocycles. The fraction of sp³-hybridized carbons (Fsp3) is 0.526. The molecule has 1 saturated heterocycles. The van der Waals surface area contributed by atoms with E-state index in [2.05, 4.69) is 17.3 Å². The number of amides is 1. The summed E-state index contributed by atoms with van der Waals surface area (Å²) in [6.07, 6.45) is 5.90. The van der Waals surface area contributed by atoms with Crippen molar-refractivity contribution < 1.29 is 9.53 Å². The predicted octanol–water partition coefficient (Wildman–Crippen LogP) is 1.89. The molecule has 132 valence electrons. The third kappa shape index (κ3) is 6.72. The zero-order chi connectivity index (χ0) is 17.4. The van der Waals surface area contributed by atoms with Crippen molar-refractivity contribution in [2.24, 2.45) is 0 Å². The Balaban J connectivity index is 1.73. The Labute approximate surface area is 145 Å². The Morgan fingerprint density at radius 2 is 1.96 bits per heavy atom. The van der Waals surface area contributed by atoms with E-state index in [1.54, 1.807) is 6.08 Å². The molecule has 0 spiro atoms. The van der Waals surface area contributed by atoms with Crippen molar-refractivity contribution in [1.82, 2.24) is 15.1 Å². The zero-order valence-electron chi connectivity index (χ0n) is 15.0. The van der Waals surface area contributed by atoms with Crippen molar-refractivity contribution in [2.75, 3.05) is 40.8 Å². The van der Waals surface area contributed by atoms with E-state index in [0.29, 0.717) is 12.6 Å². The lowest BCUT2D eigenvalue weighted by molar-refractivity contribution is -0.116. The Morgan fingerprint density at radius 3 is 2.58 bits per heavy atom. The normalized spacial score (nSPS) is 16.7. The van der Waals surface area contributed by atoms with Gasteiger partial charge in [0.15, 0.2) is 0 Å². The zero-order valence-corrected chi connectivity index (χ0v) is 15.0. The van der Waals surface area contributed by atoms with Crippen LogP contribution in [0.25, 0.3) is 0 Å². The molecular formula is C19H29N3O2. The summed E-state index contributed by atoms with van der Waals surface area (Å²) in [4.78, 5) is 16.0. The number of likely N-dealkylation sites (N-methyl/N-ethyl adjacent to an activating group) is 1. The molecule has 24 heavy (non-hydrogen) atoms. The number of rotatable bonds is 7. The average molecular weight is 331 g/mol. The van der Waals surface area contributed by atoms with Crippen LogP contribution in [0.15, 0.2) is 36.4 Å². The molecule has 1 fully saturated rings. The van der Waals surface area contributed by atoms with E-state index in [0.717, 1.165) is 43.8 Å². The number of likely N-dealkylation sites (tertiary alicyclic amines) is 1. The molecule has 1 aromatic rings. The standard InChI is InChI=1S/C19H29N3O2/c1-21(2)12-4-5-19(23)20-15-16-6-8-17(9-7-16)24-18-10-13-22(3)14-11-18/h4-9,18H,10-15H2,1-3H3,(H,20,23)/b5-4+. The van der Waals surface area contributed by atoms with E-state index in [1.807, 2.05) is 49.3 Å². The first-order chi connectivity index (χ1) is 11.5. The van der Waals surface area contributed by atoms with Crippen molar-refractivity contribution in [2.45, 2.75) is 25.5 Å². The summed E-state index contributed by atoms with van der Waals surface area (Å²) < 4.78 is 6.03. The van der Waals surface area contributed by atoms with E-state index in [9.17, 15) is 4.79 Å². The van der Waals surface area contributed by atoms with Gasteiger partial charge in [0.25, 0.3) is 0 Å². The topological polar surface area (TPSA) is 44.8 Å². The SMILES string of the molecule is CN(C)C/C=C/C(=O)NCc1ccc(OC2CCN(C)CC2)cc1. The number of piperidine rings is 1. The maximum atomic E-state index is 11.7. The minimum atomic E-state index is -0.0662. The van der Waals surface area contributed by atoms with E-state index in [1.165, 1.54) is 0 Å². The quantitative estimate of drug-likeness (QED) is 0.775. The van der Waals surface area contributed by atoms with E-state index >= 15 is 0 Å². The van der Waals surface area contributed by atoms with Crippen molar-refractivity contribution in [3.05, 3.63) is 42.0 Å². The molecule has 1 aliphatic heterocycles. The summed E-state index contributed by atoms with van der Waals surface area (Å²) in [7, 11) is 6.09. The number of carbonyl (C=O) groups excluding carboxylic acids is 1. The monoisotopic (exact) mass is 331 g/mol. The number of benzene rings is 1. The molecule has 0 bridgehead atoms. The lowest BCUT2D eigenvalue weighted by Gasteiger charge is -2.29. The molecule has 1 amide bonds. The summed E-state index contributed by atoms with van der Waals surface area (Å²) in [5.41, 5.74) is 1.07. The first kappa shape index (κ1) is 18.5. The minimum absolute atomic E-state index is 0.0662. The lowest BCUT2D eigenvalue weighted by atomic mass is 10.1. The highest BCUT2D eigenvalue weighted by molar-refractivity contribution is 5.87. The van der Waals surface area contributed by atoms with Crippen LogP contribution >= 0.6 is 0 Å². The Hall–Kier alpha value is -1.85. The largest absolute Gasteiger partial charge is 0.490 e. The van der Waals surface area contributed by atoms with Gasteiger partial charge in [0.2, 0.25) is 5.91 Å². The van der Waals surface area contributed by atoms with E-state index < -0.39 is 0 Å². The molecule has 2 rings (SSSR count). The molecule has 1 aliphatic rings. The molecule has 5 nitrogen and oxygen atoms in total. The van der Waals surface area contributed by atoms with Gasteiger partial charge in [-0.15, -0.1) is 0 Å². The molecule has 0 unspecified atom stereocenters. The summed E-state index contributed by atoms with van der Waals surface area (Å²) in [6.45, 7) is 3.47. The van der Waals surface area contributed by atoms with Crippen molar-refractivity contribution in [1.29, 1.82) is 0 Å². The number of ether oxygens (including phenoxy) is 1. The lowest BCUT2D eigenvalue weighted by Crippen LogP contribution is -2.35. The first-order valence-electron chi connectivity index (χ1n) is 8.56. The molecule has 0 radical (unpaired) electrons. The number of nitrogens with zero attached hydrogens (tertiary/aromatic N) is 2. The summed E-state index contributed by atoms with van der Waals surface area (Å²) in [5.74, 6) is 0.842. The fourth-order valence-electron chi connectivity index (χ4n) is 2.60. The van der Waals surface area contributed by atoms with Crippen LogP contribution in [0, 0.1) is 0 Å². The minimum Gasteiger partial charge on any atom is -0.490 e. The molecule has 0 aliphatic carbocycles. The van der Waals surface area contributed by atoms with Crippen molar-refractivity contribution >= 4 is 5.91 Å². The van der Waals surface area contributed by atoms with E-state index in [-0.39, 0.29) is 5.91 Å². The van der Waals surface area contributed by atoms with Crippen LogP contribution in [0.4, 0.5) is 0 Å². The van der Waals surface area contributed by atoms with Gasteiger partial charge in [0.1, 0.15) is 11.9 Å². The van der Waals surface area contributed by atoms with Gasteiger partial charge in [-0.3, -0.25) is 4.79 Å². The van der Waals surface area contributed by atoms with Gasteiger partial charge in [0.05, 0.1) is 0 Å². The van der Waals surface area contributed by atoms with Gasteiger partial charge in [0, 0.05) is 32.3 Å². The van der Waals surface area contributed by atoms with Gasteiger partial charge in [-0.2, -0.15) is 0 Å². The van der Waals surface area contributed by atoms with Gasteiger partial charge in [-0.25, -0.2) is 0 Å². The second-order valence-electron chi connectivity index (χ2n) is 6.65. The third-order valence-corrected chi connectivity index (χ3v) is 4.10. The third-order valence-electron chi connectivity index (χ3n) is 4.10. The maximum absolute atomic E-state index is 11.7. The van der Waals surface area contributed by atoms with Gasteiger partial charge >= 0.3 is 0 Å². The number of carbonyl (C=O) groups is 1. The van der Waals surface area contributed by atoms with Gasteiger partial charge < -0.3 is 19.9 Å². The summed E-state index contributed by atoms with van der Waals surface area (Å²) in [5, 5.41) is 2.89. The van der Waals surface area contributed by atoms with Crippen LogP contribution < -0.4 is 10.1 Å². The van der Waals surface area contributed by atoms with Gasteiger partial charge in [-0.1, -0.05) is 18.2 Å². The molecular weight excluding hydrogens is 302 g/mol. The maximum Gasteiger partial charge on any atom is 0.243 e. The predicted molar refractivity (Wildman–Crippen MR) is 97.1 cm³/mol. The molecule has 1 N–H and O–H groups in total. The Bertz CT molecular complexity index is 532. The van der Waals surface area contributed by atoms with Crippen LogP contribution in [-0.4, -0.2) is 62.6 Å². The number of hydrogen-bond donors (Lipinski definition) is 1. The van der Waals surface area contributed by atoms with Crippen molar-refractivity contribution in [3.63, 3.8) is 0 Å². The van der Waals surface area contributed by atoms with E-state index in [4.69, 9.17) is 4.74 Å². The van der Waals surface area contributed by atoms with Crippen molar-refractivity contribution in [3.8, 4) is 5.75 Å². The van der Waals surface area contributed by atoms with Gasteiger partial charge in [-0.05, 0) is 51.7 Å². The molecule has 0 atom stereocenters. The second kappa shape index (κ2) is 9.45. The molecule has 0 aromatic heterocycles. The fourth-order valence-corrected chi connectivity index (χ4v) is 2.60. The average Bonchev–Trinajstić information content (AvgIpc) is 2.56. The Morgan fingerprint density at radius 1 is 1.29 bits per heavy atom. The molecule has 1 heterocycles. The van der Waals surface area contributed by atoms with Crippen LogP contribution in [-0.2, 0) is 11.3 Å². The van der Waals surface area contributed by atoms with Crippen LogP contribution in [0.3, 0.4) is 0 Å². The summed E-state index contributed by atoms with van der Waals surface area (Å²) >= 11 is 0. The molecule has 5 heteroatoms. The summed E-state index contributed by atoms with van der Waals surface area (Å²) in [6, 6.07) is 7.99. The molecule has 1 aromatic carbocycles. The second-order valence-corrected chi connectivity index (χ2v) is 6.65. The van der Waals surface area contributed by atoms with Crippen LogP contribution in [0.5, 0.6) is 5.75 Å². The number of nitrogens with one attached hydrogen (secondary N) is 1. The highest BCUT2D eigenvalue weighted by atomic mass is 16.5. The smallest absolute Gasteiger partial charge is 0.243 e. The first-order valence-corrected chi connectivity index (χ1v) is 8.56. The highest BCUT2D eigenvalue weighted by Crippen LogP contribution is 2.19. The van der Waals surface area contributed by atoms with Crippen LogP contribution in [0.2, 0.25) is 0 Å². The highest BCUT2D eigenvalue weighted by Gasteiger charge is 2.17. The Kier molecular flexibility index (Phi) is 7.28. The number of hydrogen-bond acceptors (Lipinski definition) is 4.